The van der Waals surface area contributed by atoms with Gasteiger partial charge in [-0.15, -0.1) is 0 Å². The molecule has 0 spiro atoms. The van der Waals surface area contributed by atoms with E-state index in [9.17, 15) is 4.79 Å². The highest BCUT2D eigenvalue weighted by Gasteiger charge is 2.30. The van der Waals surface area contributed by atoms with Crippen LogP contribution in [0.15, 0.2) is 36.0 Å². The first-order chi connectivity index (χ1) is 8.25. The molecule has 0 aromatic heterocycles. The smallest absolute Gasteiger partial charge is 0.169 e. The van der Waals surface area contributed by atoms with Crippen LogP contribution in [0.2, 0.25) is 5.02 Å². The number of carbonyl (C=O) groups excluding carboxylic acids is 1. The van der Waals surface area contributed by atoms with E-state index < -0.39 is 5.41 Å². The van der Waals surface area contributed by atoms with Gasteiger partial charge in [-0.3, -0.25) is 4.79 Å². The molecule has 0 atom stereocenters. The van der Waals surface area contributed by atoms with Crippen molar-refractivity contribution in [3.05, 3.63) is 46.6 Å². The molecule has 1 aromatic rings. The SMILES string of the molecule is CC(=CN(C)C)C(=O)C(C)(C)c1ccc(Cl)cc1. The van der Waals surface area contributed by atoms with Crippen molar-refractivity contribution in [1.29, 1.82) is 0 Å². The summed E-state index contributed by atoms with van der Waals surface area (Å²) < 4.78 is 0. The van der Waals surface area contributed by atoms with E-state index in [0.717, 1.165) is 11.1 Å². The maximum atomic E-state index is 12.5. The summed E-state index contributed by atoms with van der Waals surface area (Å²) >= 11 is 5.87. The molecular weight excluding hydrogens is 246 g/mol. The Morgan fingerprint density at radius 3 is 2.17 bits per heavy atom. The zero-order valence-corrected chi connectivity index (χ0v) is 12.4. The topological polar surface area (TPSA) is 20.3 Å². The summed E-state index contributed by atoms with van der Waals surface area (Å²) in [4.78, 5) is 14.3. The van der Waals surface area contributed by atoms with Gasteiger partial charge >= 0.3 is 0 Å². The van der Waals surface area contributed by atoms with E-state index in [1.54, 1.807) is 0 Å². The fraction of sp³-hybridized carbons (Fsp3) is 0.400. The summed E-state index contributed by atoms with van der Waals surface area (Å²) in [5.41, 5.74) is 1.18. The third-order valence-corrected chi connectivity index (χ3v) is 3.20. The minimum atomic E-state index is -0.540. The minimum absolute atomic E-state index is 0.124. The van der Waals surface area contributed by atoms with E-state index in [4.69, 9.17) is 11.6 Å². The number of rotatable bonds is 4. The second kappa shape index (κ2) is 5.57. The van der Waals surface area contributed by atoms with Crippen molar-refractivity contribution in [2.75, 3.05) is 14.1 Å². The van der Waals surface area contributed by atoms with Crippen LogP contribution in [0, 0.1) is 0 Å². The Labute approximate surface area is 114 Å². The number of hydrogen-bond donors (Lipinski definition) is 0. The molecule has 1 rings (SSSR count). The molecule has 0 N–H and O–H groups in total. The highest BCUT2D eigenvalue weighted by Crippen LogP contribution is 2.28. The van der Waals surface area contributed by atoms with Crippen LogP contribution >= 0.6 is 11.6 Å². The van der Waals surface area contributed by atoms with Crippen molar-refractivity contribution in [3.63, 3.8) is 0 Å². The molecule has 0 fully saturated rings. The lowest BCUT2D eigenvalue weighted by atomic mass is 9.78. The number of halogens is 1. The molecule has 0 aliphatic carbocycles. The van der Waals surface area contributed by atoms with Gasteiger partial charge in [-0.25, -0.2) is 0 Å². The number of carbonyl (C=O) groups is 1. The Morgan fingerprint density at radius 1 is 1.22 bits per heavy atom. The Balaban J connectivity index is 3.06. The number of hydrogen-bond acceptors (Lipinski definition) is 2. The van der Waals surface area contributed by atoms with E-state index in [1.807, 2.05) is 70.2 Å². The third-order valence-electron chi connectivity index (χ3n) is 2.94. The monoisotopic (exact) mass is 265 g/mol. The van der Waals surface area contributed by atoms with E-state index in [2.05, 4.69) is 0 Å². The molecule has 3 heteroatoms. The van der Waals surface area contributed by atoms with Crippen LogP contribution in [0.5, 0.6) is 0 Å². The molecule has 0 aliphatic rings. The van der Waals surface area contributed by atoms with Crippen LogP contribution in [-0.2, 0) is 10.2 Å². The van der Waals surface area contributed by atoms with Gasteiger partial charge < -0.3 is 4.90 Å². The molecule has 2 nitrogen and oxygen atoms in total. The average Bonchev–Trinajstić information content (AvgIpc) is 2.27. The van der Waals surface area contributed by atoms with E-state index in [1.165, 1.54) is 0 Å². The molecule has 0 heterocycles. The molecule has 0 radical (unpaired) electrons. The molecule has 98 valence electrons. The van der Waals surface area contributed by atoms with Crippen LogP contribution in [0.4, 0.5) is 0 Å². The van der Waals surface area contributed by atoms with Crippen LogP contribution in [-0.4, -0.2) is 24.8 Å². The lowest BCUT2D eigenvalue weighted by molar-refractivity contribution is -0.119. The van der Waals surface area contributed by atoms with Crippen LogP contribution in [0.25, 0.3) is 0 Å². The molecule has 0 bridgehead atoms. The lowest BCUT2D eigenvalue weighted by Gasteiger charge is -2.24. The number of Topliss-reactive ketones (excluding diaryl/α,β-unsaturated/α-hetero) is 1. The van der Waals surface area contributed by atoms with Crippen molar-refractivity contribution in [2.45, 2.75) is 26.2 Å². The van der Waals surface area contributed by atoms with Gasteiger partial charge in [-0.05, 0) is 38.5 Å². The summed E-state index contributed by atoms with van der Waals surface area (Å²) in [5, 5.41) is 0.683. The van der Waals surface area contributed by atoms with Crippen LogP contribution < -0.4 is 0 Å². The molecule has 0 saturated heterocycles. The zero-order valence-electron chi connectivity index (χ0n) is 11.6. The van der Waals surface area contributed by atoms with Gasteiger partial charge in [0.2, 0.25) is 0 Å². The Morgan fingerprint density at radius 2 is 1.72 bits per heavy atom. The van der Waals surface area contributed by atoms with Crippen molar-refractivity contribution >= 4 is 17.4 Å². The Kier molecular flexibility index (Phi) is 4.58. The first-order valence-corrected chi connectivity index (χ1v) is 6.28. The van der Waals surface area contributed by atoms with Crippen molar-refractivity contribution in [3.8, 4) is 0 Å². The second-order valence-electron chi connectivity index (χ2n) is 5.24. The predicted molar refractivity (Wildman–Crippen MR) is 76.9 cm³/mol. The van der Waals surface area contributed by atoms with Crippen molar-refractivity contribution in [2.24, 2.45) is 0 Å². The minimum Gasteiger partial charge on any atom is -0.383 e. The first-order valence-electron chi connectivity index (χ1n) is 5.91. The normalized spacial score (nSPS) is 12.4. The quantitative estimate of drug-likeness (QED) is 0.775. The van der Waals surface area contributed by atoms with E-state index >= 15 is 0 Å². The van der Waals surface area contributed by atoms with Gasteiger partial charge in [0.05, 0.1) is 5.41 Å². The Hall–Kier alpha value is -1.28. The molecule has 0 aliphatic heterocycles. The zero-order chi connectivity index (χ0) is 13.9. The maximum absolute atomic E-state index is 12.5. The van der Waals surface area contributed by atoms with Gasteiger partial charge in [0.1, 0.15) is 0 Å². The highest BCUT2D eigenvalue weighted by molar-refractivity contribution is 6.30. The van der Waals surface area contributed by atoms with Crippen molar-refractivity contribution in [1.82, 2.24) is 4.90 Å². The molecular formula is C15H20ClNO. The third kappa shape index (κ3) is 3.36. The summed E-state index contributed by atoms with van der Waals surface area (Å²) in [6.07, 6.45) is 1.85. The summed E-state index contributed by atoms with van der Waals surface area (Å²) in [6.45, 7) is 5.72. The molecule has 0 saturated carbocycles. The van der Waals surface area contributed by atoms with Crippen LogP contribution in [0.3, 0.4) is 0 Å². The molecule has 0 unspecified atom stereocenters. The lowest BCUT2D eigenvalue weighted by Crippen LogP contribution is -2.30. The fourth-order valence-corrected chi connectivity index (χ4v) is 2.06. The van der Waals surface area contributed by atoms with E-state index in [-0.39, 0.29) is 5.78 Å². The predicted octanol–water partition coefficient (Wildman–Crippen LogP) is 3.65. The van der Waals surface area contributed by atoms with Gasteiger partial charge in [0.25, 0.3) is 0 Å². The number of allylic oxidation sites excluding steroid dienone is 1. The number of nitrogens with zero attached hydrogens (tertiary/aromatic N) is 1. The number of ketones is 1. The van der Waals surface area contributed by atoms with Gasteiger partial charge in [0, 0.05) is 30.9 Å². The van der Waals surface area contributed by atoms with E-state index in [0.29, 0.717) is 5.02 Å². The average molecular weight is 266 g/mol. The highest BCUT2D eigenvalue weighted by atomic mass is 35.5. The summed E-state index contributed by atoms with van der Waals surface area (Å²) in [7, 11) is 3.82. The van der Waals surface area contributed by atoms with Gasteiger partial charge in [-0.1, -0.05) is 23.7 Å². The second-order valence-corrected chi connectivity index (χ2v) is 5.67. The molecule has 0 amide bonds. The molecule has 1 aromatic carbocycles. The van der Waals surface area contributed by atoms with Gasteiger partial charge in [-0.2, -0.15) is 0 Å². The summed E-state index contributed by atoms with van der Waals surface area (Å²) in [6, 6.07) is 7.44. The van der Waals surface area contributed by atoms with Crippen molar-refractivity contribution < 1.29 is 4.79 Å². The van der Waals surface area contributed by atoms with Gasteiger partial charge in [0.15, 0.2) is 5.78 Å². The molecule has 18 heavy (non-hydrogen) atoms. The largest absolute Gasteiger partial charge is 0.383 e. The summed E-state index contributed by atoms with van der Waals surface area (Å²) in [5.74, 6) is 0.124. The first kappa shape index (κ1) is 14.8. The Bertz CT molecular complexity index is 458. The fourth-order valence-electron chi connectivity index (χ4n) is 1.94. The standard InChI is InChI=1S/C15H20ClNO/c1-11(10-17(4)5)14(18)15(2,3)12-6-8-13(16)9-7-12/h6-10H,1-5H3. The van der Waals surface area contributed by atoms with Crippen LogP contribution in [0.1, 0.15) is 26.3 Å². The maximum Gasteiger partial charge on any atom is 0.169 e. The number of benzene rings is 1.